The van der Waals surface area contributed by atoms with Crippen LogP contribution in [0.5, 0.6) is 0 Å². The van der Waals surface area contributed by atoms with E-state index in [1.807, 2.05) is 0 Å². The van der Waals surface area contributed by atoms with Gasteiger partial charge in [-0.1, -0.05) is 0 Å². The van der Waals surface area contributed by atoms with Crippen molar-refractivity contribution in [3.8, 4) is 0 Å². The van der Waals surface area contributed by atoms with Crippen LogP contribution in [0.25, 0.3) is 10.9 Å². The van der Waals surface area contributed by atoms with Crippen LogP contribution in [0, 0.1) is 5.82 Å². The minimum Gasteiger partial charge on any atom is -0.477 e. The van der Waals surface area contributed by atoms with Crippen LogP contribution in [0.2, 0.25) is 0 Å². The Balaban J connectivity index is 2.95. The van der Waals surface area contributed by atoms with Gasteiger partial charge in [-0.05, 0) is 19.1 Å². The number of anilines is 1. The molecule has 0 amide bonds. The first-order chi connectivity index (χ1) is 8.99. The molecule has 1 aromatic heterocycles. The summed E-state index contributed by atoms with van der Waals surface area (Å²) < 4.78 is 15.2. The van der Waals surface area contributed by atoms with Gasteiger partial charge in [0, 0.05) is 18.1 Å². The highest BCUT2D eigenvalue weighted by Gasteiger charge is 2.16. The van der Waals surface area contributed by atoms with Crippen molar-refractivity contribution in [2.24, 2.45) is 5.84 Å². The lowest BCUT2D eigenvalue weighted by Crippen LogP contribution is -2.19. The first-order valence-corrected chi connectivity index (χ1v) is 5.56. The lowest BCUT2D eigenvalue weighted by Gasteiger charge is -2.12. The number of carbonyl (C=O) groups is 1. The highest BCUT2D eigenvalue weighted by Crippen LogP contribution is 2.21. The molecule has 7 heteroatoms. The van der Waals surface area contributed by atoms with Crippen LogP contribution in [0.15, 0.2) is 23.1 Å². The lowest BCUT2D eigenvalue weighted by atomic mass is 10.1. The van der Waals surface area contributed by atoms with Crippen molar-refractivity contribution in [2.75, 3.05) is 5.43 Å². The second-order valence-corrected chi connectivity index (χ2v) is 3.96. The summed E-state index contributed by atoms with van der Waals surface area (Å²) in [5, 5.41) is 8.99. The maximum Gasteiger partial charge on any atom is 0.341 e. The van der Waals surface area contributed by atoms with Gasteiger partial charge in [0.05, 0.1) is 11.2 Å². The number of carboxylic acid groups (broad SMARTS) is 1. The molecule has 19 heavy (non-hydrogen) atoms. The van der Waals surface area contributed by atoms with Gasteiger partial charge in [0.15, 0.2) is 0 Å². The summed E-state index contributed by atoms with van der Waals surface area (Å²) in [5.41, 5.74) is 1.55. The monoisotopic (exact) mass is 265 g/mol. The number of rotatable bonds is 3. The number of aromatic nitrogens is 1. The minimum atomic E-state index is -1.34. The van der Waals surface area contributed by atoms with Crippen molar-refractivity contribution in [3.63, 3.8) is 0 Å². The van der Waals surface area contributed by atoms with Gasteiger partial charge in [-0.3, -0.25) is 10.6 Å². The Bertz CT molecular complexity index is 724. The molecular formula is C12H12FN3O3. The predicted octanol–water partition coefficient (Wildman–Crippen LogP) is 1.14. The van der Waals surface area contributed by atoms with E-state index in [4.69, 9.17) is 10.9 Å². The Labute approximate surface area is 107 Å². The number of benzene rings is 1. The summed E-state index contributed by atoms with van der Waals surface area (Å²) in [6.07, 6.45) is 1.24. The van der Waals surface area contributed by atoms with Gasteiger partial charge in [-0.2, -0.15) is 0 Å². The summed E-state index contributed by atoms with van der Waals surface area (Å²) in [6, 6.07) is 2.37. The van der Waals surface area contributed by atoms with Crippen molar-refractivity contribution >= 4 is 22.6 Å². The van der Waals surface area contributed by atoms with Crippen molar-refractivity contribution < 1.29 is 14.3 Å². The van der Waals surface area contributed by atoms with Crippen molar-refractivity contribution in [2.45, 2.75) is 13.5 Å². The van der Waals surface area contributed by atoms with E-state index in [1.54, 1.807) is 11.5 Å². The van der Waals surface area contributed by atoms with E-state index < -0.39 is 17.2 Å². The van der Waals surface area contributed by atoms with Crippen LogP contribution >= 0.6 is 0 Å². The Hall–Kier alpha value is -2.41. The van der Waals surface area contributed by atoms with E-state index in [0.29, 0.717) is 12.1 Å². The molecule has 0 fully saturated rings. The minimum absolute atomic E-state index is 0.0123. The highest BCUT2D eigenvalue weighted by molar-refractivity contribution is 5.93. The third-order valence-electron chi connectivity index (χ3n) is 2.90. The standard InChI is InChI=1S/C12H12FN3O3/c1-2-16-5-7(12(18)19)11(17)6-3-8(13)9(15-14)4-10(6)16/h3-5,15H,2,14H2,1H3,(H,18,19). The average molecular weight is 265 g/mol. The molecule has 0 bridgehead atoms. The molecule has 2 rings (SSSR count). The maximum absolute atomic E-state index is 13.6. The number of fused-ring (bicyclic) bond motifs is 1. The Morgan fingerprint density at radius 1 is 1.53 bits per heavy atom. The Morgan fingerprint density at radius 2 is 2.21 bits per heavy atom. The first-order valence-electron chi connectivity index (χ1n) is 5.56. The topological polar surface area (TPSA) is 97.3 Å². The number of hydrazine groups is 1. The summed E-state index contributed by atoms with van der Waals surface area (Å²) in [6.45, 7) is 2.22. The van der Waals surface area contributed by atoms with Gasteiger partial charge in [0.25, 0.3) is 0 Å². The molecule has 0 spiro atoms. The summed E-state index contributed by atoms with van der Waals surface area (Å²) in [7, 11) is 0. The highest BCUT2D eigenvalue weighted by atomic mass is 19.1. The molecule has 4 N–H and O–H groups in total. The van der Waals surface area contributed by atoms with Crippen molar-refractivity contribution in [3.05, 3.63) is 39.9 Å². The number of hydrogen-bond acceptors (Lipinski definition) is 4. The van der Waals surface area contributed by atoms with Gasteiger partial charge in [-0.25, -0.2) is 9.18 Å². The fourth-order valence-electron chi connectivity index (χ4n) is 1.93. The normalized spacial score (nSPS) is 10.7. The van der Waals surface area contributed by atoms with Crippen LogP contribution in [0.4, 0.5) is 10.1 Å². The van der Waals surface area contributed by atoms with Gasteiger partial charge in [-0.15, -0.1) is 0 Å². The smallest absolute Gasteiger partial charge is 0.341 e. The van der Waals surface area contributed by atoms with Gasteiger partial charge in [0.1, 0.15) is 11.4 Å². The van der Waals surface area contributed by atoms with E-state index in [0.717, 1.165) is 6.07 Å². The van der Waals surface area contributed by atoms with Crippen molar-refractivity contribution in [1.82, 2.24) is 4.57 Å². The molecule has 0 radical (unpaired) electrons. The van der Waals surface area contributed by atoms with E-state index in [9.17, 15) is 14.0 Å². The zero-order valence-electron chi connectivity index (χ0n) is 10.1. The summed E-state index contributed by atoms with van der Waals surface area (Å²) >= 11 is 0. The second-order valence-electron chi connectivity index (χ2n) is 3.96. The number of carboxylic acids is 1. The molecule has 0 aliphatic rings. The fourth-order valence-corrected chi connectivity index (χ4v) is 1.93. The number of nitrogens with one attached hydrogen (secondary N) is 1. The molecule has 0 saturated carbocycles. The SMILES string of the molecule is CCn1cc(C(=O)O)c(=O)c2cc(F)c(NN)cc21. The molecule has 2 aromatic rings. The second kappa shape index (κ2) is 4.69. The number of aromatic carboxylic acids is 1. The molecule has 6 nitrogen and oxygen atoms in total. The third kappa shape index (κ3) is 2.04. The number of pyridine rings is 1. The molecule has 0 unspecified atom stereocenters. The molecule has 0 aliphatic heterocycles. The van der Waals surface area contributed by atoms with E-state index >= 15 is 0 Å². The largest absolute Gasteiger partial charge is 0.477 e. The first kappa shape index (κ1) is 13.0. The molecule has 1 aromatic carbocycles. The zero-order chi connectivity index (χ0) is 14.2. The molecule has 0 saturated heterocycles. The Kier molecular flexibility index (Phi) is 3.22. The number of nitrogens with zero attached hydrogens (tertiary/aromatic N) is 1. The van der Waals surface area contributed by atoms with Gasteiger partial charge >= 0.3 is 5.97 Å². The summed E-state index contributed by atoms with van der Waals surface area (Å²) in [5.74, 6) is 3.13. The van der Waals surface area contributed by atoms with Gasteiger partial charge in [0.2, 0.25) is 5.43 Å². The van der Waals surface area contributed by atoms with Crippen LogP contribution in [-0.4, -0.2) is 15.6 Å². The lowest BCUT2D eigenvalue weighted by molar-refractivity contribution is 0.0695. The van der Waals surface area contributed by atoms with Crippen LogP contribution in [0.3, 0.4) is 0 Å². The molecular weight excluding hydrogens is 253 g/mol. The third-order valence-corrected chi connectivity index (χ3v) is 2.90. The number of nitrogen functional groups attached to an aromatic ring is 1. The van der Waals surface area contributed by atoms with Crippen LogP contribution < -0.4 is 16.7 Å². The number of nitrogens with two attached hydrogens (primary N) is 1. The average Bonchev–Trinajstić information content (AvgIpc) is 2.38. The molecule has 100 valence electrons. The quantitative estimate of drug-likeness (QED) is 0.571. The predicted molar refractivity (Wildman–Crippen MR) is 68.6 cm³/mol. The van der Waals surface area contributed by atoms with Crippen LogP contribution in [-0.2, 0) is 6.54 Å². The molecule has 0 aliphatic carbocycles. The number of halogens is 1. The molecule has 1 heterocycles. The molecule has 0 atom stereocenters. The Morgan fingerprint density at radius 3 is 2.74 bits per heavy atom. The van der Waals surface area contributed by atoms with E-state index in [2.05, 4.69) is 5.43 Å². The zero-order valence-corrected chi connectivity index (χ0v) is 10.1. The number of hydrogen-bond donors (Lipinski definition) is 3. The van der Waals surface area contributed by atoms with E-state index in [-0.39, 0.29) is 16.6 Å². The van der Waals surface area contributed by atoms with E-state index in [1.165, 1.54) is 12.3 Å². The van der Waals surface area contributed by atoms with Crippen LogP contribution in [0.1, 0.15) is 17.3 Å². The maximum atomic E-state index is 13.6. The fraction of sp³-hybridized carbons (Fsp3) is 0.167. The van der Waals surface area contributed by atoms with Gasteiger partial charge < -0.3 is 15.1 Å². The van der Waals surface area contributed by atoms with Crippen molar-refractivity contribution in [1.29, 1.82) is 0 Å². The summed E-state index contributed by atoms with van der Waals surface area (Å²) in [4.78, 5) is 23.0. The number of aryl methyl sites for hydroxylation is 1.